The summed E-state index contributed by atoms with van der Waals surface area (Å²) < 4.78 is 33.4. The van der Waals surface area contributed by atoms with Crippen LogP contribution in [-0.2, 0) is 21.2 Å². The molecule has 7 heteroatoms. The van der Waals surface area contributed by atoms with Crippen molar-refractivity contribution in [2.75, 3.05) is 37.7 Å². The molecule has 2 aliphatic rings. The summed E-state index contributed by atoms with van der Waals surface area (Å²) >= 11 is 0. The molecule has 0 aliphatic carbocycles. The molecule has 1 saturated heterocycles. The number of fused-ring (bicyclic) bond motifs is 1. The Morgan fingerprint density at radius 1 is 1.10 bits per heavy atom. The molecule has 1 fully saturated rings. The lowest BCUT2D eigenvalue weighted by atomic mass is 9.91. The number of sulfonamides is 1. The molecule has 0 aromatic heterocycles. The summed E-state index contributed by atoms with van der Waals surface area (Å²) in [6.07, 6.45) is 1.46. The van der Waals surface area contributed by atoms with Crippen molar-refractivity contribution in [3.63, 3.8) is 0 Å². The molecule has 0 bridgehead atoms. The van der Waals surface area contributed by atoms with Crippen molar-refractivity contribution in [1.29, 1.82) is 0 Å². The van der Waals surface area contributed by atoms with Crippen LogP contribution >= 0.6 is 0 Å². The first kappa shape index (κ1) is 21.0. The van der Waals surface area contributed by atoms with Crippen molar-refractivity contribution in [2.45, 2.75) is 37.5 Å². The quantitative estimate of drug-likeness (QED) is 0.748. The van der Waals surface area contributed by atoms with Crippen molar-refractivity contribution >= 4 is 21.6 Å². The van der Waals surface area contributed by atoms with Crippen molar-refractivity contribution < 1.29 is 17.9 Å². The third-order valence-corrected chi connectivity index (χ3v) is 8.05. The van der Waals surface area contributed by atoms with Gasteiger partial charge in [-0.25, -0.2) is 8.42 Å². The number of nitrogens with zero attached hydrogens (tertiary/aromatic N) is 2. The monoisotopic (exact) mass is 428 g/mol. The minimum absolute atomic E-state index is 0.157. The molecule has 0 radical (unpaired) electrons. The first-order valence-corrected chi connectivity index (χ1v) is 12.0. The summed E-state index contributed by atoms with van der Waals surface area (Å²) in [7, 11) is -3.68. The minimum Gasteiger partial charge on any atom is -0.379 e. The number of ether oxygens (including phenoxy) is 1. The van der Waals surface area contributed by atoms with Crippen molar-refractivity contribution in [3.05, 3.63) is 59.2 Å². The maximum Gasteiger partial charge on any atom is 0.258 e. The highest BCUT2D eigenvalue weighted by Gasteiger charge is 2.31. The summed E-state index contributed by atoms with van der Waals surface area (Å²) in [6.45, 7) is 6.17. The number of para-hydroxylation sites is 1. The molecule has 2 heterocycles. The van der Waals surface area contributed by atoms with Crippen molar-refractivity contribution in [3.8, 4) is 0 Å². The van der Waals surface area contributed by atoms with Gasteiger partial charge in [-0.1, -0.05) is 38.1 Å². The Labute approximate surface area is 178 Å². The molecule has 6 nitrogen and oxygen atoms in total. The number of benzene rings is 2. The van der Waals surface area contributed by atoms with E-state index in [2.05, 4.69) is 13.0 Å². The van der Waals surface area contributed by atoms with Crippen LogP contribution in [0.2, 0.25) is 0 Å². The zero-order valence-electron chi connectivity index (χ0n) is 17.5. The lowest BCUT2D eigenvalue weighted by Gasteiger charge is -2.33. The van der Waals surface area contributed by atoms with E-state index < -0.39 is 10.0 Å². The highest BCUT2D eigenvalue weighted by molar-refractivity contribution is 7.89. The summed E-state index contributed by atoms with van der Waals surface area (Å²) in [5.74, 6) is 0.236. The van der Waals surface area contributed by atoms with Gasteiger partial charge in [0.15, 0.2) is 0 Å². The predicted molar refractivity (Wildman–Crippen MR) is 117 cm³/mol. The molecule has 0 spiro atoms. The van der Waals surface area contributed by atoms with E-state index in [1.54, 1.807) is 23.1 Å². The van der Waals surface area contributed by atoms with E-state index in [0.29, 0.717) is 50.8 Å². The van der Waals surface area contributed by atoms with E-state index in [1.807, 2.05) is 25.1 Å². The van der Waals surface area contributed by atoms with Crippen LogP contribution in [0.15, 0.2) is 47.4 Å². The van der Waals surface area contributed by atoms with E-state index >= 15 is 0 Å². The second kappa shape index (κ2) is 8.49. The van der Waals surface area contributed by atoms with Gasteiger partial charge in [0.25, 0.3) is 5.91 Å². The van der Waals surface area contributed by atoms with Crippen molar-refractivity contribution in [1.82, 2.24) is 4.31 Å². The van der Waals surface area contributed by atoms with E-state index in [4.69, 9.17) is 4.74 Å². The number of amides is 1. The molecule has 30 heavy (non-hydrogen) atoms. The molecule has 2 aromatic rings. The minimum atomic E-state index is -3.68. The Morgan fingerprint density at radius 2 is 1.83 bits per heavy atom. The van der Waals surface area contributed by atoms with Crippen LogP contribution in [-0.4, -0.2) is 51.5 Å². The standard InChI is InChI=1S/C23H28N2O4S/c1-3-18-8-9-19(16-22(18)30(27,28)24-12-14-29-15-13-24)23(26)25-11-10-17(2)20-6-4-5-7-21(20)25/h4-9,16-17H,3,10-15H2,1-2H3. The summed E-state index contributed by atoms with van der Waals surface area (Å²) in [5.41, 5.74) is 3.20. The van der Waals surface area contributed by atoms with Gasteiger partial charge in [0.1, 0.15) is 0 Å². The van der Waals surface area contributed by atoms with Gasteiger partial charge in [-0.3, -0.25) is 4.79 Å². The van der Waals surface area contributed by atoms with Crippen LogP contribution in [0.4, 0.5) is 5.69 Å². The lowest BCUT2D eigenvalue weighted by molar-refractivity contribution is 0.0730. The number of aryl methyl sites for hydroxylation is 1. The number of carbonyl (C=O) groups excluding carboxylic acids is 1. The average Bonchev–Trinajstić information content (AvgIpc) is 2.79. The number of rotatable bonds is 4. The number of morpholine rings is 1. The molecule has 1 unspecified atom stereocenters. The van der Waals surface area contributed by atoms with Crippen LogP contribution in [0.5, 0.6) is 0 Å². The fourth-order valence-corrected chi connectivity index (χ4v) is 5.99. The molecular formula is C23H28N2O4S. The topological polar surface area (TPSA) is 66.9 Å². The first-order chi connectivity index (χ1) is 14.4. The second-order valence-corrected chi connectivity index (χ2v) is 9.80. The van der Waals surface area contributed by atoms with Crippen LogP contribution in [0, 0.1) is 0 Å². The SMILES string of the molecule is CCc1ccc(C(=O)N2CCC(C)c3ccccc32)cc1S(=O)(=O)N1CCOCC1. The zero-order valence-corrected chi connectivity index (χ0v) is 18.3. The third kappa shape index (κ3) is 3.77. The molecule has 1 amide bonds. The third-order valence-electron chi connectivity index (χ3n) is 6.07. The largest absolute Gasteiger partial charge is 0.379 e. The number of hydrogen-bond acceptors (Lipinski definition) is 4. The second-order valence-electron chi connectivity index (χ2n) is 7.90. The normalized spacial score (nSPS) is 20.1. The molecule has 160 valence electrons. The summed E-state index contributed by atoms with van der Waals surface area (Å²) in [4.78, 5) is 15.4. The highest BCUT2D eigenvalue weighted by Crippen LogP contribution is 2.36. The van der Waals surface area contributed by atoms with Crippen LogP contribution < -0.4 is 4.90 Å². The highest BCUT2D eigenvalue weighted by atomic mass is 32.2. The van der Waals surface area contributed by atoms with Gasteiger partial charge in [0.2, 0.25) is 10.0 Å². The number of carbonyl (C=O) groups is 1. The van der Waals surface area contributed by atoms with Gasteiger partial charge in [-0.2, -0.15) is 4.31 Å². The summed E-state index contributed by atoms with van der Waals surface area (Å²) in [6, 6.07) is 13.0. The van der Waals surface area contributed by atoms with Crippen LogP contribution in [0.25, 0.3) is 0 Å². The average molecular weight is 429 g/mol. The molecule has 4 rings (SSSR count). The van der Waals surface area contributed by atoms with Gasteiger partial charge in [0.05, 0.1) is 18.1 Å². The van der Waals surface area contributed by atoms with Gasteiger partial charge >= 0.3 is 0 Å². The number of anilines is 1. The van der Waals surface area contributed by atoms with E-state index in [1.165, 1.54) is 4.31 Å². The molecule has 0 saturated carbocycles. The Kier molecular flexibility index (Phi) is 5.95. The lowest BCUT2D eigenvalue weighted by Crippen LogP contribution is -2.41. The van der Waals surface area contributed by atoms with Crippen LogP contribution in [0.3, 0.4) is 0 Å². The first-order valence-electron chi connectivity index (χ1n) is 10.5. The molecular weight excluding hydrogens is 400 g/mol. The smallest absolute Gasteiger partial charge is 0.258 e. The van der Waals surface area contributed by atoms with Gasteiger partial charge < -0.3 is 9.64 Å². The molecule has 1 atom stereocenters. The van der Waals surface area contributed by atoms with E-state index in [9.17, 15) is 13.2 Å². The Balaban J connectivity index is 1.72. The molecule has 2 aromatic carbocycles. The fraction of sp³-hybridized carbons (Fsp3) is 0.435. The van der Waals surface area contributed by atoms with E-state index in [0.717, 1.165) is 23.2 Å². The number of hydrogen-bond donors (Lipinski definition) is 0. The van der Waals surface area contributed by atoms with Gasteiger partial charge in [0, 0.05) is 30.9 Å². The maximum atomic E-state index is 13.4. The fourth-order valence-electron chi connectivity index (χ4n) is 4.26. The van der Waals surface area contributed by atoms with Gasteiger partial charge in [-0.05, 0) is 48.1 Å². The van der Waals surface area contributed by atoms with Crippen LogP contribution in [0.1, 0.15) is 47.7 Å². The van der Waals surface area contributed by atoms with Gasteiger partial charge in [-0.15, -0.1) is 0 Å². The summed E-state index contributed by atoms with van der Waals surface area (Å²) in [5, 5.41) is 0. The van der Waals surface area contributed by atoms with Crippen molar-refractivity contribution in [2.24, 2.45) is 0 Å². The zero-order chi connectivity index (χ0) is 21.3. The van der Waals surface area contributed by atoms with E-state index in [-0.39, 0.29) is 10.8 Å². The molecule has 0 N–H and O–H groups in total. The Hall–Kier alpha value is -2.22. The maximum absolute atomic E-state index is 13.4. The predicted octanol–water partition coefficient (Wildman–Crippen LogP) is 3.42. The Bertz CT molecular complexity index is 1040. The molecule has 2 aliphatic heterocycles. The Morgan fingerprint density at radius 3 is 2.57 bits per heavy atom.